The Morgan fingerprint density at radius 3 is 2.29 bits per heavy atom. The van der Waals surface area contributed by atoms with Gasteiger partial charge in [0, 0.05) is 39.0 Å². The largest absolute Gasteiger partial charge is 0.456 e. The number of nitrogens with zero attached hydrogens (tertiary/aromatic N) is 1. The first-order valence-electron chi connectivity index (χ1n) is 20.4. The van der Waals surface area contributed by atoms with E-state index in [-0.39, 0.29) is 62.1 Å². The molecule has 13 heteroatoms. The van der Waals surface area contributed by atoms with Crippen LogP contribution in [0.3, 0.4) is 0 Å². The molecule has 4 aliphatic rings. The van der Waals surface area contributed by atoms with E-state index in [1.807, 2.05) is 26.8 Å². The third kappa shape index (κ3) is 11.5. The number of esters is 1. The van der Waals surface area contributed by atoms with E-state index >= 15 is 0 Å². The summed E-state index contributed by atoms with van der Waals surface area (Å²) in [5, 5.41) is 32.6. The lowest BCUT2D eigenvalue weighted by molar-refractivity contribution is -0.302. The van der Waals surface area contributed by atoms with Crippen molar-refractivity contribution in [2.24, 2.45) is 29.6 Å². The predicted molar refractivity (Wildman–Crippen MR) is 203 cm³/mol. The topological polar surface area (TPSA) is 178 Å². The Hall–Kier alpha value is -2.52. The Morgan fingerprint density at radius 2 is 1.64 bits per heavy atom. The second kappa shape index (κ2) is 20.8. The molecule has 0 aromatic rings. The number of hydrogen-bond donors (Lipinski definition) is 3. The highest BCUT2D eigenvalue weighted by molar-refractivity contribution is 6.39. The number of carbonyl (C=O) groups is 4. The van der Waals surface area contributed by atoms with Gasteiger partial charge in [0.25, 0.3) is 11.7 Å². The normalized spacial score (nSPS) is 40.2. The van der Waals surface area contributed by atoms with E-state index in [2.05, 4.69) is 6.08 Å². The van der Waals surface area contributed by atoms with Crippen LogP contribution in [0.5, 0.6) is 0 Å². The summed E-state index contributed by atoms with van der Waals surface area (Å²) in [5.41, 5.74) is 0.721. The molecule has 2 bridgehead atoms. The van der Waals surface area contributed by atoms with Gasteiger partial charge in [-0.2, -0.15) is 0 Å². The van der Waals surface area contributed by atoms with Gasteiger partial charge in [-0.25, -0.2) is 4.79 Å². The SMILES string of the molecule is COC1CC(C)CC(C)/C=C/C(=O)CC(O)C(C)C(C(C)=CC2CCC(OCCO)CC2)OC(=O)C2CCCCN2C(=O)C(=O)C2(O)OC1C(OC)CC2C. The number of rotatable bonds is 7. The maximum absolute atomic E-state index is 14.2. The number of amides is 1. The van der Waals surface area contributed by atoms with Gasteiger partial charge in [0.2, 0.25) is 5.79 Å². The summed E-state index contributed by atoms with van der Waals surface area (Å²) in [6.07, 6.45) is 7.36. The molecule has 4 rings (SSSR count). The first-order valence-corrected chi connectivity index (χ1v) is 20.4. The Labute approximate surface area is 327 Å². The molecular formula is C42H67NO12. The molecule has 312 valence electrons. The minimum absolute atomic E-state index is 0.00202. The molecule has 3 aliphatic heterocycles. The molecule has 2 saturated heterocycles. The number of Topliss-reactive ketones (excluding diaryl/α,β-unsaturated/α-hetero) is 1. The van der Waals surface area contributed by atoms with Crippen molar-refractivity contribution in [1.29, 1.82) is 0 Å². The summed E-state index contributed by atoms with van der Waals surface area (Å²) in [4.78, 5) is 56.9. The number of aliphatic hydroxyl groups excluding tert-OH is 2. The second-order valence-corrected chi connectivity index (χ2v) is 16.7. The fraction of sp³-hybridized carbons (Fsp3) is 0.810. The number of piperidine rings is 1. The molecule has 0 spiro atoms. The average molecular weight is 778 g/mol. The van der Waals surface area contributed by atoms with Gasteiger partial charge in [-0.3, -0.25) is 14.4 Å². The number of ether oxygens (including phenoxy) is 5. The van der Waals surface area contributed by atoms with E-state index in [4.69, 9.17) is 28.8 Å². The Bertz CT molecular complexity index is 1360. The van der Waals surface area contributed by atoms with E-state index in [0.29, 0.717) is 32.3 Å². The second-order valence-electron chi connectivity index (χ2n) is 16.7. The number of carbonyl (C=O) groups excluding carboxylic acids is 4. The molecule has 0 aromatic heterocycles. The molecule has 1 saturated carbocycles. The summed E-state index contributed by atoms with van der Waals surface area (Å²) in [7, 11) is 3.06. The Balaban J connectivity index is 1.69. The van der Waals surface area contributed by atoms with Crippen molar-refractivity contribution in [3.05, 3.63) is 23.8 Å². The number of methoxy groups -OCH3 is 2. The van der Waals surface area contributed by atoms with Gasteiger partial charge in [-0.05, 0) is 101 Å². The van der Waals surface area contributed by atoms with Crippen LogP contribution in [0.25, 0.3) is 0 Å². The first-order chi connectivity index (χ1) is 26.1. The minimum atomic E-state index is -2.49. The fourth-order valence-corrected chi connectivity index (χ4v) is 9.00. The van der Waals surface area contributed by atoms with Crippen LogP contribution in [0.2, 0.25) is 0 Å². The molecule has 3 heterocycles. The zero-order valence-corrected chi connectivity index (χ0v) is 34.0. The lowest BCUT2D eigenvalue weighted by atomic mass is 9.82. The third-order valence-electron chi connectivity index (χ3n) is 12.3. The lowest BCUT2D eigenvalue weighted by Gasteiger charge is -2.47. The smallest absolute Gasteiger partial charge is 0.329 e. The van der Waals surface area contributed by atoms with E-state index in [1.54, 1.807) is 13.8 Å². The highest BCUT2D eigenvalue weighted by Crippen LogP contribution is 2.39. The molecule has 11 unspecified atom stereocenters. The van der Waals surface area contributed by atoms with Gasteiger partial charge in [-0.15, -0.1) is 0 Å². The number of hydrogen-bond acceptors (Lipinski definition) is 12. The van der Waals surface area contributed by atoms with Crippen LogP contribution in [0.4, 0.5) is 0 Å². The average Bonchev–Trinajstić information content (AvgIpc) is 3.17. The molecule has 55 heavy (non-hydrogen) atoms. The minimum Gasteiger partial charge on any atom is -0.456 e. The van der Waals surface area contributed by atoms with Gasteiger partial charge < -0.3 is 43.9 Å². The summed E-state index contributed by atoms with van der Waals surface area (Å²) in [6.45, 7) is 9.66. The van der Waals surface area contributed by atoms with Gasteiger partial charge >= 0.3 is 5.97 Å². The van der Waals surface area contributed by atoms with Gasteiger partial charge in [0.15, 0.2) is 5.78 Å². The van der Waals surface area contributed by atoms with E-state index in [1.165, 1.54) is 25.2 Å². The van der Waals surface area contributed by atoms with Crippen LogP contribution in [0, 0.1) is 29.6 Å². The molecule has 11 atom stereocenters. The molecule has 0 aromatic carbocycles. The van der Waals surface area contributed by atoms with Crippen molar-refractivity contribution in [3.63, 3.8) is 0 Å². The Kier molecular flexibility index (Phi) is 17.1. The van der Waals surface area contributed by atoms with Gasteiger partial charge in [-0.1, -0.05) is 39.8 Å². The highest BCUT2D eigenvalue weighted by atomic mass is 16.7. The number of aliphatic hydroxyl groups is 3. The predicted octanol–water partition coefficient (Wildman–Crippen LogP) is 4.08. The number of ketones is 2. The highest BCUT2D eigenvalue weighted by Gasteiger charge is 2.56. The van der Waals surface area contributed by atoms with E-state index in [9.17, 15) is 29.4 Å². The zero-order chi connectivity index (χ0) is 40.4. The monoisotopic (exact) mass is 777 g/mol. The van der Waals surface area contributed by atoms with Crippen LogP contribution >= 0.6 is 0 Å². The fourth-order valence-electron chi connectivity index (χ4n) is 9.00. The molecule has 3 N–H and O–H groups in total. The molecule has 0 radical (unpaired) electrons. The standard InChI is InChI=1S/C42H67NO12/c1-25-11-14-31(45)24-34(46)29(5)37(27(3)22-30-12-15-32(16-13-30)53-19-18-44)54-41(49)33-10-8-9-17-43(33)40(48)39(47)42(50)28(4)23-36(52-7)38(55-42)35(51-6)21-26(2)20-25/h11,14,22,25-26,28-30,32-38,44,46,50H,8-10,12-13,15-21,23-24H2,1-7H3/b14-11+,27-22?. The van der Waals surface area contributed by atoms with Crippen molar-refractivity contribution in [1.82, 2.24) is 4.90 Å². The lowest BCUT2D eigenvalue weighted by Crippen LogP contribution is -2.64. The van der Waals surface area contributed by atoms with Crippen LogP contribution in [-0.4, -0.2) is 126 Å². The number of cyclic esters (lactones) is 1. The van der Waals surface area contributed by atoms with E-state index < -0.39 is 71.8 Å². The molecule has 1 amide bonds. The van der Waals surface area contributed by atoms with Crippen molar-refractivity contribution in [3.8, 4) is 0 Å². The quantitative estimate of drug-likeness (QED) is 0.192. The van der Waals surface area contributed by atoms with Crippen molar-refractivity contribution < 1.29 is 58.2 Å². The maximum Gasteiger partial charge on any atom is 0.329 e. The molecule has 1 aliphatic carbocycles. The van der Waals surface area contributed by atoms with Crippen molar-refractivity contribution in [2.45, 2.75) is 154 Å². The summed E-state index contributed by atoms with van der Waals surface area (Å²) in [6, 6.07) is -1.11. The van der Waals surface area contributed by atoms with Gasteiger partial charge in [0.05, 0.1) is 37.6 Å². The summed E-state index contributed by atoms with van der Waals surface area (Å²) < 4.78 is 29.8. The molecule has 3 fully saturated rings. The number of allylic oxidation sites excluding steroid dienone is 3. The summed E-state index contributed by atoms with van der Waals surface area (Å²) >= 11 is 0. The van der Waals surface area contributed by atoms with Crippen LogP contribution in [0.1, 0.15) is 105 Å². The third-order valence-corrected chi connectivity index (χ3v) is 12.3. The zero-order valence-electron chi connectivity index (χ0n) is 34.0. The van der Waals surface area contributed by atoms with Crippen LogP contribution in [-0.2, 0) is 42.9 Å². The Morgan fingerprint density at radius 1 is 0.964 bits per heavy atom. The molecule has 13 nitrogen and oxygen atoms in total. The van der Waals surface area contributed by atoms with Crippen LogP contribution in [0.15, 0.2) is 23.8 Å². The summed E-state index contributed by atoms with van der Waals surface area (Å²) in [5.74, 6) is -6.89. The van der Waals surface area contributed by atoms with Crippen molar-refractivity contribution in [2.75, 3.05) is 34.0 Å². The van der Waals surface area contributed by atoms with E-state index in [0.717, 1.165) is 31.3 Å². The van der Waals surface area contributed by atoms with Crippen molar-refractivity contribution >= 4 is 23.4 Å². The maximum atomic E-state index is 14.2. The van der Waals surface area contributed by atoms with Gasteiger partial charge in [0.1, 0.15) is 18.2 Å². The first kappa shape index (κ1) is 45.2. The molecular weight excluding hydrogens is 710 g/mol. The number of fused-ring (bicyclic) bond motifs is 3. The van der Waals surface area contributed by atoms with Crippen LogP contribution < -0.4 is 0 Å².